The molecule has 2 N–H and O–H groups in total. The van der Waals surface area contributed by atoms with E-state index in [9.17, 15) is 0 Å². The van der Waals surface area contributed by atoms with E-state index in [1.54, 1.807) is 0 Å². The van der Waals surface area contributed by atoms with Crippen molar-refractivity contribution >= 4 is 0 Å². The summed E-state index contributed by atoms with van der Waals surface area (Å²) < 4.78 is 5.70. The molecule has 0 heterocycles. The molecule has 1 aliphatic rings. The molecule has 1 fully saturated rings. The van der Waals surface area contributed by atoms with Gasteiger partial charge in [-0.2, -0.15) is 0 Å². The van der Waals surface area contributed by atoms with Crippen LogP contribution in [0.25, 0.3) is 0 Å². The zero-order valence-electron chi connectivity index (χ0n) is 6.89. The fourth-order valence-corrected chi connectivity index (χ4v) is 0.988. The van der Waals surface area contributed by atoms with Crippen LogP contribution in [0.4, 0.5) is 0 Å². The molecule has 0 radical (unpaired) electrons. The Balaban J connectivity index is 2.21. The number of rotatable bonds is 3. The van der Waals surface area contributed by atoms with Crippen molar-refractivity contribution in [2.75, 3.05) is 6.54 Å². The maximum atomic E-state index is 5.70. The summed E-state index contributed by atoms with van der Waals surface area (Å²) in [5, 5.41) is 0. The number of hydrogen-bond acceptors (Lipinski definition) is 2. The molecule has 0 bridgehead atoms. The minimum atomic E-state index is -0.106. The molecule has 1 aliphatic carbocycles. The van der Waals surface area contributed by atoms with Gasteiger partial charge in [-0.1, -0.05) is 0 Å². The Labute approximate surface area is 62.7 Å². The summed E-state index contributed by atoms with van der Waals surface area (Å²) in [5.74, 6) is 0. The number of hydrogen-bond donors (Lipinski definition) is 1. The average Bonchev–Trinajstić information content (AvgIpc) is 1.80. The Hall–Kier alpha value is -0.0800. The van der Waals surface area contributed by atoms with Crippen LogP contribution in [0.15, 0.2) is 0 Å². The molecule has 0 atom stereocenters. The van der Waals surface area contributed by atoms with Crippen molar-refractivity contribution in [1.82, 2.24) is 0 Å². The van der Waals surface area contributed by atoms with Crippen LogP contribution in [0, 0.1) is 0 Å². The molecule has 60 valence electrons. The predicted molar refractivity (Wildman–Crippen MR) is 41.9 cm³/mol. The van der Waals surface area contributed by atoms with Crippen LogP contribution in [0.3, 0.4) is 0 Å². The second-order valence-corrected chi connectivity index (χ2v) is 3.63. The lowest BCUT2D eigenvalue weighted by atomic mass is 9.95. The Bertz CT molecular complexity index is 108. The summed E-state index contributed by atoms with van der Waals surface area (Å²) in [6.07, 6.45) is 4.27. The number of ether oxygens (including phenoxy) is 1. The Morgan fingerprint density at radius 3 is 2.40 bits per heavy atom. The van der Waals surface area contributed by atoms with Crippen LogP contribution in [0.5, 0.6) is 0 Å². The second-order valence-electron chi connectivity index (χ2n) is 3.63. The van der Waals surface area contributed by atoms with E-state index in [1.165, 1.54) is 19.3 Å². The van der Waals surface area contributed by atoms with Crippen LogP contribution in [-0.4, -0.2) is 18.2 Å². The summed E-state index contributed by atoms with van der Waals surface area (Å²) in [7, 11) is 0. The SMILES string of the molecule is CC(C)(CN)OC1CCC1. The van der Waals surface area contributed by atoms with E-state index < -0.39 is 0 Å². The maximum absolute atomic E-state index is 5.70. The molecule has 0 aliphatic heterocycles. The molecule has 0 unspecified atom stereocenters. The van der Waals surface area contributed by atoms with Crippen molar-refractivity contribution in [1.29, 1.82) is 0 Å². The monoisotopic (exact) mass is 143 g/mol. The largest absolute Gasteiger partial charge is 0.371 e. The lowest BCUT2D eigenvalue weighted by Gasteiger charge is -2.34. The lowest BCUT2D eigenvalue weighted by molar-refractivity contribution is -0.0964. The van der Waals surface area contributed by atoms with Crippen LogP contribution >= 0.6 is 0 Å². The van der Waals surface area contributed by atoms with Gasteiger partial charge in [-0.05, 0) is 33.1 Å². The van der Waals surface area contributed by atoms with E-state index in [1.807, 2.05) is 13.8 Å². The molecule has 2 nitrogen and oxygen atoms in total. The first kappa shape index (κ1) is 8.02. The molecule has 2 heteroatoms. The van der Waals surface area contributed by atoms with Crippen molar-refractivity contribution in [2.24, 2.45) is 5.73 Å². The minimum absolute atomic E-state index is 0.106. The van der Waals surface area contributed by atoms with E-state index in [0.29, 0.717) is 12.6 Å². The Kier molecular flexibility index (Phi) is 2.32. The molecular formula is C8H17NO. The van der Waals surface area contributed by atoms with E-state index in [4.69, 9.17) is 10.5 Å². The smallest absolute Gasteiger partial charge is 0.0751 e. The van der Waals surface area contributed by atoms with Crippen molar-refractivity contribution in [3.63, 3.8) is 0 Å². The summed E-state index contributed by atoms with van der Waals surface area (Å²) in [6.45, 7) is 4.71. The topological polar surface area (TPSA) is 35.2 Å². The molecule has 0 saturated heterocycles. The molecule has 10 heavy (non-hydrogen) atoms. The molecular weight excluding hydrogens is 126 g/mol. The van der Waals surface area contributed by atoms with Crippen LogP contribution in [0.2, 0.25) is 0 Å². The van der Waals surface area contributed by atoms with Crippen molar-refractivity contribution < 1.29 is 4.74 Å². The van der Waals surface area contributed by atoms with E-state index in [-0.39, 0.29) is 5.60 Å². The van der Waals surface area contributed by atoms with Gasteiger partial charge in [0.2, 0.25) is 0 Å². The van der Waals surface area contributed by atoms with Gasteiger partial charge < -0.3 is 10.5 Å². The summed E-state index contributed by atoms with van der Waals surface area (Å²) in [6, 6.07) is 0. The minimum Gasteiger partial charge on any atom is -0.371 e. The first-order valence-corrected chi connectivity index (χ1v) is 4.02. The first-order valence-electron chi connectivity index (χ1n) is 4.02. The molecule has 0 aromatic carbocycles. The zero-order valence-corrected chi connectivity index (χ0v) is 6.89. The quantitative estimate of drug-likeness (QED) is 0.646. The third-order valence-corrected chi connectivity index (χ3v) is 2.03. The van der Waals surface area contributed by atoms with Gasteiger partial charge in [0.25, 0.3) is 0 Å². The molecule has 0 amide bonds. The predicted octanol–water partition coefficient (Wildman–Crippen LogP) is 1.29. The average molecular weight is 143 g/mol. The van der Waals surface area contributed by atoms with Gasteiger partial charge >= 0.3 is 0 Å². The van der Waals surface area contributed by atoms with Gasteiger partial charge in [-0.3, -0.25) is 0 Å². The summed E-state index contributed by atoms with van der Waals surface area (Å²) in [4.78, 5) is 0. The molecule has 1 saturated carbocycles. The normalized spacial score (nSPS) is 20.7. The highest BCUT2D eigenvalue weighted by atomic mass is 16.5. The standard InChI is InChI=1S/C8H17NO/c1-8(2,6-9)10-7-4-3-5-7/h7H,3-6,9H2,1-2H3. The van der Waals surface area contributed by atoms with Crippen molar-refractivity contribution in [2.45, 2.75) is 44.8 Å². The molecule has 0 aromatic heterocycles. The van der Waals surface area contributed by atoms with Gasteiger partial charge in [0, 0.05) is 6.54 Å². The summed E-state index contributed by atoms with van der Waals surface area (Å²) >= 11 is 0. The Morgan fingerprint density at radius 1 is 1.50 bits per heavy atom. The molecule has 0 spiro atoms. The van der Waals surface area contributed by atoms with Crippen LogP contribution in [0.1, 0.15) is 33.1 Å². The van der Waals surface area contributed by atoms with E-state index in [0.717, 1.165) is 0 Å². The fraction of sp³-hybridized carbons (Fsp3) is 1.00. The van der Waals surface area contributed by atoms with Crippen LogP contribution in [-0.2, 0) is 4.74 Å². The first-order chi connectivity index (χ1) is 4.64. The van der Waals surface area contributed by atoms with E-state index in [2.05, 4.69) is 0 Å². The zero-order chi connectivity index (χ0) is 7.61. The van der Waals surface area contributed by atoms with Gasteiger partial charge in [0.15, 0.2) is 0 Å². The fourth-order valence-electron chi connectivity index (χ4n) is 0.988. The number of nitrogens with two attached hydrogens (primary N) is 1. The van der Waals surface area contributed by atoms with Crippen molar-refractivity contribution in [3.8, 4) is 0 Å². The van der Waals surface area contributed by atoms with Crippen LogP contribution < -0.4 is 5.73 Å². The summed E-state index contributed by atoms with van der Waals surface area (Å²) in [5.41, 5.74) is 5.40. The van der Waals surface area contributed by atoms with E-state index >= 15 is 0 Å². The third-order valence-electron chi connectivity index (χ3n) is 2.03. The highest BCUT2D eigenvalue weighted by Crippen LogP contribution is 2.26. The third kappa shape index (κ3) is 1.96. The highest BCUT2D eigenvalue weighted by molar-refractivity contribution is 4.77. The molecule has 1 rings (SSSR count). The second kappa shape index (κ2) is 2.89. The van der Waals surface area contributed by atoms with Gasteiger partial charge in [0.1, 0.15) is 0 Å². The maximum Gasteiger partial charge on any atom is 0.0751 e. The highest BCUT2D eigenvalue weighted by Gasteiger charge is 2.26. The van der Waals surface area contributed by atoms with Crippen molar-refractivity contribution in [3.05, 3.63) is 0 Å². The van der Waals surface area contributed by atoms with Gasteiger partial charge in [-0.15, -0.1) is 0 Å². The van der Waals surface area contributed by atoms with Gasteiger partial charge in [-0.25, -0.2) is 0 Å². The Morgan fingerprint density at radius 2 is 2.10 bits per heavy atom. The molecule has 0 aromatic rings. The lowest BCUT2D eigenvalue weighted by Crippen LogP contribution is -2.40. The van der Waals surface area contributed by atoms with Gasteiger partial charge in [0.05, 0.1) is 11.7 Å².